The fourth-order valence-electron chi connectivity index (χ4n) is 1.55. The van der Waals surface area contributed by atoms with Gasteiger partial charge in [0.25, 0.3) is 0 Å². The third kappa shape index (κ3) is 4.90. The second kappa shape index (κ2) is 8.25. The van der Waals surface area contributed by atoms with Gasteiger partial charge in [-0.15, -0.1) is 0 Å². The summed E-state index contributed by atoms with van der Waals surface area (Å²) in [6.45, 7) is 1.40. The Bertz CT molecular complexity index is 438. The van der Waals surface area contributed by atoms with Gasteiger partial charge in [0.15, 0.2) is 5.75 Å². The third-order valence-electron chi connectivity index (χ3n) is 2.48. The number of ether oxygens (including phenoxy) is 2. The van der Waals surface area contributed by atoms with Crippen molar-refractivity contribution in [3.8, 4) is 5.75 Å². The van der Waals surface area contributed by atoms with Gasteiger partial charge in [-0.2, -0.15) is 0 Å². The minimum absolute atomic E-state index is 0.244. The van der Waals surface area contributed by atoms with Crippen LogP contribution in [0.2, 0.25) is 10.0 Å². The fourth-order valence-corrected chi connectivity index (χ4v) is 2.09. The highest BCUT2D eigenvalue weighted by molar-refractivity contribution is 6.36. The van der Waals surface area contributed by atoms with Crippen molar-refractivity contribution < 1.29 is 14.3 Å². The summed E-state index contributed by atoms with van der Waals surface area (Å²) in [6.07, 6.45) is 1.84. The van der Waals surface area contributed by atoms with Gasteiger partial charge in [0, 0.05) is 5.02 Å². The summed E-state index contributed by atoms with van der Waals surface area (Å²) in [5, 5.41) is 3.73. The van der Waals surface area contributed by atoms with Crippen LogP contribution in [0, 0.1) is 0 Å². The summed E-state index contributed by atoms with van der Waals surface area (Å²) in [5.74, 6) is -0.197. The van der Waals surface area contributed by atoms with E-state index in [0.717, 1.165) is 19.4 Å². The van der Waals surface area contributed by atoms with Crippen LogP contribution in [-0.4, -0.2) is 33.3 Å². The average molecular weight is 306 g/mol. The van der Waals surface area contributed by atoms with E-state index in [0.29, 0.717) is 22.4 Å². The standard InChI is InChI=1S/C13H17Cl2NO3/c1-16-5-3-4-6-19-12-10(13(17)18-2)7-9(14)8-11(12)15/h7-8,16H,3-6H2,1-2H3. The molecular formula is C13H17Cl2NO3. The Labute approximate surface area is 123 Å². The molecule has 19 heavy (non-hydrogen) atoms. The molecule has 1 aromatic rings. The lowest BCUT2D eigenvalue weighted by Crippen LogP contribution is -2.11. The van der Waals surface area contributed by atoms with Gasteiger partial charge in [-0.05, 0) is 38.6 Å². The van der Waals surface area contributed by atoms with E-state index in [9.17, 15) is 4.79 Å². The molecule has 4 nitrogen and oxygen atoms in total. The quantitative estimate of drug-likeness (QED) is 0.621. The van der Waals surface area contributed by atoms with Gasteiger partial charge in [0.2, 0.25) is 0 Å². The molecule has 106 valence electrons. The molecule has 0 saturated carbocycles. The number of esters is 1. The highest BCUT2D eigenvalue weighted by atomic mass is 35.5. The van der Waals surface area contributed by atoms with E-state index >= 15 is 0 Å². The van der Waals surface area contributed by atoms with Gasteiger partial charge < -0.3 is 14.8 Å². The summed E-state index contributed by atoms with van der Waals surface area (Å²) in [4.78, 5) is 11.6. The van der Waals surface area contributed by atoms with E-state index in [2.05, 4.69) is 10.1 Å². The average Bonchev–Trinajstić information content (AvgIpc) is 2.39. The summed E-state index contributed by atoms with van der Waals surface area (Å²) < 4.78 is 10.3. The van der Waals surface area contributed by atoms with Crippen molar-refractivity contribution in [2.45, 2.75) is 12.8 Å². The van der Waals surface area contributed by atoms with Crippen molar-refractivity contribution in [1.29, 1.82) is 0 Å². The topological polar surface area (TPSA) is 47.6 Å². The highest BCUT2D eigenvalue weighted by Gasteiger charge is 2.17. The molecule has 1 aromatic carbocycles. The summed E-state index contributed by atoms with van der Waals surface area (Å²) in [6, 6.07) is 3.03. The molecule has 1 N–H and O–H groups in total. The van der Waals surface area contributed by atoms with Crippen LogP contribution in [0.3, 0.4) is 0 Å². The fraction of sp³-hybridized carbons (Fsp3) is 0.462. The predicted molar refractivity (Wildman–Crippen MR) is 76.5 cm³/mol. The van der Waals surface area contributed by atoms with Crippen molar-refractivity contribution in [2.24, 2.45) is 0 Å². The molecule has 0 bridgehead atoms. The molecular weight excluding hydrogens is 289 g/mol. The zero-order chi connectivity index (χ0) is 14.3. The van der Waals surface area contributed by atoms with Crippen LogP contribution in [0.5, 0.6) is 5.75 Å². The number of rotatable bonds is 7. The summed E-state index contributed by atoms with van der Waals surface area (Å²) in [5.41, 5.74) is 0.244. The minimum atomic E-state index is -0.519. The number of carbonyl (C=O) groups excluding carboxylic acids is 1. The molecule has 0 fully saturated rings. The van der Waals surface area contributed by atoms with Crippen molar-refractivity contribution >= 4 is 29.2 Å². The number of nitrogens with one attached hydrogen (secondary N) is 1. The molecule has 0 aromatic heterocycles. The number of carbonyl (C=O) groups is 1. The lowest BCUT2D eigenvalue weighted by Gasteiger charge is -2.12. The van der Waals surface area contributed by atoms with Crippen LogP contribution in [-0.2, 0) is 4.74 Å². The van der Waals surface area contributed by atoms with Crippen molar-refractivity contribution in [2.75, 3.05) is 27.3 Å². The smallest absolute Gasteiger partial charge is 0.341 e. The van der Waals surface area contributed by atoms with Crippen molar-refractivity contribution in [3.63, 3.8) is 0 Å². The second-order valence-corrected chi connectivity index (χ2v) is 4.76. The van der Waals surface area contributed by atoms with Crippen LogP contribution in [0.15, 0.2) is 12.1 Å². The molecule has 0 heterocycles. The molecule has 0 atom stereocenters. The summed E-state index contributed by atoms with van der Waals surface area (Å²) in [7, 11) is 3.19. The lowest BCUT2D eigenvalue weighted by atomic mass is 10.2. The Morgan fingerprint density at radius 3 is 2.68 bits per heavy atom. The van der Waals surface area contributed by atoms with Crippen LogP contribution in [0.4, 0.5) is 0 Å². The lowest BCUT2D eigenvalue weighted by molar-refractivity contribution is 0.0596. The molecule has 0 radical (unpaired) electrons. The molecule has 0 aliphatic carbocycles. The second-order valence-electron chi connectivity index (χ2n) is 3.92. The number of benzene rings is 1. The van der Waals surface area contributed by atoms with E-state index in [1.165, 1.54) is 13.2 Å². The van der Waals surface area contributed by atoms with E-state index < -0.39 is 5.97 Å². The van der Waals surface area contributed by atoms with Gasteiger partial charge in [0.05, 0.1) is 18.7 Å². The number of hydrogen-bond acceptors (Lipinski definition) is 4. The van der Waals surface area contributed by atoms with Crippen LogP contribution in [0.25, 0.3) is 0 Å². The molecule has 1 rings (SSSR count). The van der Waals surface area contributed by atoms with E-state index in [4.69, 9.17) is 27.9 Å². The van der Waals surface area contributed by atoms with Gasteiger partial charge in [0.1, 0.15) is 5.56 Å². The molecule has 6 heteroatoms. The Morgan fingerprint density at radius 1 is 1.32 bits per heavy atom. The first-order chi connectivity index (χ1) is 9.10. The first-order valence-electron chi connectivity index (χ1n) is 5.95. The van der Waals surface area contributed by atoms with Gasteiger partial charge >= 0.3 is 5.97 Å². The highest BCUT2D eigenvalue weighted by Crippen LogP contribution is 2.33. The van der Waals surface area contributed by atoms with E-state index in [-0.39, 0.29) is 5.56 Å². The zero-order valence-corrected chi connectivity index (χ0v) is 12.5. The van der Waals surface area contributed by atoms with E-state index in [1.807, 2.05) is 7.05 Å². The maximum atomic E-state index is 11.6. The number of methoxy groups -OCH3 is 1. The predicted octanol–water partition coefficient (Wildman–Crippen LogP) is 3.16. The third-order valence-corrected chi connectivity index (χ3v) is 2.98. The minimum Gasteiger partial charge on any atom is -0.491 e. The first-order valence-corrected chi connectivity index (χ1v) is 6.70. The van der Waals surface area contributed by atoms with Crippen molar-refractivity contribution in [3.05, 3.63) is 27.7 Å². The molecule has 0 saturated heterocycles. The molecule has 0 unspecified atom stereocenters. The monoisotopic (exact) mass is 305 g/mol. The van der Waals surface area contributed by atoms with Crippen LogP contribution >= 0.6 is 23.2 Å². The molecule has 0 spiro atoms. The Kier molecular flexibility index (Phi) is 6.99. The number of unbranched alkanes of at least 4 members (excludes halogenated alkanes) is 1. The van der Waals surface area contributed by atoms with Crippen LogP contribution in [0.1, 0.15) is 23.2 Å². The normalized spacial score (nSPS) is 10.3. The maximum absolute atomic E-state index is 11.6. The van der Waals surface area contributed by atoms with Gasteiger partial charge in [-0.25, -0.2) is 4.79 Å². The van der Waals surface area contributed by atoms with Crippen LogP contribution < -0.4 is 10.1 Å². The van der Waals surface area contributed by atoms with Crippen molar-refractivity contribution in [1.82, 2.24) is 5.32 Å². The largest absolute Gasteiger partial charge is 0.491 e. The van der Waals surface area contributed by atoms with Gasteiger partial charge in [-0.3, -0.25) is 0 Å². The number of halogens is 2. The molecule has 0 aliphatic rings. The molecule has 0 amide bonds. The molecule has 0 aliphatic heterocycles. The Morgan fingerprint density at radius 2 is 2.05 bits per heavy atom. The number of hydrogen-bond donors (Lipinski definition) is 1. The maximum Gasteiger partial charge on any atom is 0.341 e. The SMILES string of the molecule is CNCCCCOc1c(Cl)cc(Cl)cc1C(=O)OC. The Hall–Kier alpha value is -0.970. The zero-order valence-electron chi connectivity index (χ0n) is 11.0. The van der Waals surface area contributed by atoms with E-state index in [1.54, 1.807) is 6.07 Å². The Balaban J connectivity index is 2.77. The van der Waals surface area contributed by atoms with Gasteiger partial charge in [-0.1, -0.05) is 23.2 Å². The first kappa shape index (κ1) is 16.1. The summed E-state index contributed by atoms with van der Waals surface area (Å²) >= 11 is 11.9.